The van der Waals surface area contributed by atoms with E-state index in [1.54, 1.807) is 12.1 Å². The van der Waals surface area contributed by atoms with Gasteiger partial charge in [-0.25, -0.2) is 0 Å². The summed E-state index contributed by atoms with van der Waals surface area (Å²) < 4.78 is 0. The molecule has 0 unspecified atom stereocenters. The molecule has 0 saturated carbocycles. The lowest BCUT2D eigenvalue weighted by molar-refractivity contribution is -0.126. The quantitative estimate of drug-likeness (QED) is 0.530. The molecule has 4 heteroatoms. The molecule has 1 fully saturated rings. The molecular formula is C21H15Cl2NO. The minimum atomic E-state index is -0.196. The summed E-state index contributed by atoms with van der Waals surface area (Å²) in [6.45, 7) is 0. The number of hydrogen-bond donors (Lipinski definition) is 0. The highest BCUT2D eigenvalue weighted by Crippen LogP contribution is 2.49. The molecule has 3 aromatic carbocycles. The van der Waals surface area contributed by atoms with Gasteiger partial charge in [-0.3, -0.25) is 4.79 Å². The van der Waals surface area contributed by atoms with E-state index in [0.29, 0.717) is 10.0 Å². The summed E-state index contributed by atoms with van der Waals surface area (Å²) in [5.74, 6) is -0.105. The number of amides is 1. The van der Waals surface area contributed by atoms with Crippen LogP contribution in [-0.2, 0) is 4.79 Å². The first-order valence-corrected chi connectivity index (χ1v) is 8.80. The molecule has 0 spiro atoms. The van der Waals surface area contributed by atoms with Crippen LogP contribution >= 0.6 is 23.2 Å². The monoisotopic (exact) mass is 367 g/mol. The standard InChI is InChI=1S/C21H15Cl2NO/c22-16-8-6-15(7-9-16)20-19(14-4-2-1-3-5-14)21(25)24(20)18-12-10-17(23)11-13-18/h1-13,19-20H/t19-,20-/m1/s1. The van der Waals surface area contributed by atoms with Crippen LogP contribution in [0.5, 0.6) is 0 Å². The topological polar surface area (TPSA) is 20.3 Å². The van der Waals surface area contributed by atoms with Crippen LogP contribution < -0.4 is 4.90 Å². The molecule has 1 saturated heterocycles. The smallest absolute Gasteiger partial charge is 0.237 e. The van der Waals surface area contributed by atoms with Crippen LogP contribution in [0.4, 0.5) is 5.69 Å². The van der Waals surface area contributed by atoms with Gasteiger partial charge in [-0.2, -0.15) is 0 Å². The number of hydrogen-bond acceptors (Lipinski definition) is 1. The summed E-state index contributed by atoms with van der Waals surface area (Å²) in [6.07, 6.45) is 0. The number of carbonyl (C=O) groups is 1. The first-order chi connectivity index (χ1) is 12.1. The average Bonchev–Trinajstić information content (AvgIpc) is 2.63. The molecule has 1 aliphatic rings. The Balaban J connectivity index is 1.77. The zero-order valence-corrected chi connectivity index (χ0v) is 14.8. The van der Waals surface area contributed by atoms with E-state index in [9.17, 15) is 4.79 Å². The van der Waals surface area contributed by atoms with Gasteiger partial charge < -0.3 is 4.90 Å². The fourth-order valence-electron chi connectivity index (χ4n) is 3.37. The second kappa shape index (κ2) is 6.55. The average molecular weight is 368 g/mol. The van der Waals surface area contributed by atoms with Gasteiger partial charge in [0.2, 0.25) is 5.91 Å². The lowest BCUT2D eigenvalue weighted by atomic mass is 9.77. The molecule has 0 aliphatic carbocycles. The van der Waals surface area contributed by atoms with Gasteiger partial charge in [-0.1, -0.05) is 65.7 Å². The summed E-state index contributed by atoms with van der Waals surface area (Å²) in [5.41, 5.74) is 2.94. The van der Waals surface area contributed by atoms with Crippen molar-refractivity contribution in [2.75, 3.05) is 4.90 Å². The van der Waals surface area contributed by atoms with Crippen LogP contribution in [0.1, 0.15) is 23.1 Å². The van der Waals surface area contributed by atoms with Crippen molar-refractivity contribution in [3.05, 3.63) is 100 Å². The van der Waals surface area contributed by atoms with Crippen LogP contribution in [0.15, 0.2) is 78.9 Å². The van der Waals surface area contributed by atoms with Gasteiger partial charge in [0.1, 0.15) is 0 Å². The zero-order valence-electron chi connectivity index (χ0n) is 13.3. The number of rotatable bonds is 3. The van der Waals surface area contributed by atoms with E-state index in [-0.39, 0.29) is 17.9 Å². The molecule has 0 bridgehead atoms. The minimum absolute atomic E-state index is 0.0617. The highest BCUT2D eigenvalue weighted by molar-refractivity contribution is 6.31. The SMILES string of the molecule is O=C1[C@H](c2ccccc2)[C@@H](c2ccc(Cl)cc2)N1c1ccc(Cl)cc1. The molecule has 4 rings (SSSR count). The highest BCUT2D eigenvalue weighted by Gasteiger charge is 2.49. The number of β-lactam (4-membered cyclic amide) rings is 1. The maximum Gasteiger partial charge on any atom is 0.237 e. The lowest BCUT2D eigenvalue weighted by Gasteiger charge is -2.47. The molecule has 0 radical (unpaired) electrons. The molecule has 25 heavy (non-hydrogen) atoms. The number of anilines is 1. The van der Waals surface area contributed by atoms with Crippen LogP contribution in [0, 0.1) is 0 Å². The zero-order chi connectivity index (χ0) is 17.4. The van der Waals surface area contributed by atoms with Crippen molar-refractivity contribution < 1.29 is 4.79 Å². The van der Waals surface area contributed by atoms with Crippen LogP contribution in [0.3, 0.4) is 0 Å². The van der Waals surface area contributed by atoms with Crippen molar-refractivity contribution in [1.29, 1.82) is 0 Å². The summed E-state index contributed by atoms with van der Waals surface area (Å²) in [7, 11) is 0. The fourth-order valence-corrected chi connectivity index (χ4v) is 3.62. The molecule has 0 N–H and O–H groups in total. The Morgan fingerprint density at radius 3 is 1.84 bits per heavy atom. The lowest BCUT2D eigenvalue weighted by Crippen LogP contribution is -2.53. The number of benzene rings is 3. The summed E-state index contributed by atoms with van der Waals surface area (Å²) in [6, 6.07) is 24.9. The highest BCUT2D eigenvalue weighted by atomic mass is 35.5. The van der Waals surface area contributed by atoms with Crippen molar-refractivity contribution in [3.63, 3.8) is 0 Å². The van der Waals surface area contributed by atoms with Gasteiger partial charge in [-0.05, 0) is 47.5 Å². The van der Waals surface area contributed by atoms with Gasteiger partial charge in [0.15, 0.2) is 0 Å². The van der Waals surface area contributed by atoms with E-state index in [0.717, 1.165) is 16.8 Å². The third-order valence-electron chi connectivity index (χ3n) is 4.57. The van der Waals surface area contributed by atoms with E-state index in [4.69, 9.17) is 23.2 Å². The number of nitrogens with zero attached hydrogens (tertiary/aromatic N) is 1. The van der Waals surface area contributed by atoms with Crippen LogP contribution in [-0.4, -0.2) is 5.91 Å². The summed E-state index contributed by atoms with van der Waals surface area (Å²) >= 11 is 12.0. The third-order valence-corrected chi connectivity index (χ3v) is 5.08. The van der Waals surface area contributed by atoms with E-state index in [1.807, 2.05) is 71.6 Å². The Bertz CT molecular complexity index is 891. The van der Waals surface area contributed by atoms with Crippen molar-refractivity contribution in [2.45, 2.75) is 12.0 Å². The van der Waals surface area contributed by atoms with Gasteiger partial charge in [0.25, 0.3) is 0 Å². The molecule has 2 atom stereocenters. The van der Waals surface area contributed by atoms with Gasteiger partial charge in [0, 0.05) is 15.7 Å². The van der Waals surface area contributed by atoms with Crippen molar-refractivity contribution in [3.8, 4) is 0 Å². The first kappa shape index (κ1) is 16.2. The Morgan fingerprint density at radius 1 is 0.680 bits per heavy atom. The number of halogens is 2. The van der Waals surface area contributed by atoms with E-state index in [2.05, 4.69) is 0 Å². The summed E-state index contributed by atoms with van der Waals surface area (Å²) in [4.78, 5) is 14.8. The fraction of sp³-hybridized carbons (Fsp3) is 0.0952. The molecule has 2 nitrogen and oxygen atoms in total. The maximum absolute atomic E-state index is 13.0. The Kier molecular flexibility index (Phi) is 4.24. The second-order valence-corrected chi connectivity index (χ2v) is 6.94. The van der Waals surface area contributed by atoms with E-state index in [1.165, 1.54) is 0 Å². The molecule has 124 valence electrons. The van der Waals surface area contributed by atoms with Crippen molar-refractivity contribution in [2.24, 2.45) is 0 Å². The van der Waals surface area contributed by atoms with E-state index >= 15 is 0 Å². The van der Waals surface area contributed by atoms with Crippen LogP contribution in [0.2, 0.25) is 10.0 Å². The minimum Gasteiger partial charge on any atom is -0.303 e. The molecule has 0 aromatic heterocycles. The summed E-state index contributed by atoms with van der Waals surface area (Å²) in [5, 5.41) is 1.34. The molecule has 3 aromatic rings. The predicted molar refractivity (Wildman–Crippen MR) is 102 cm³/mol. The van der Waals surface area contributed by atoms with Crippen molar-refractivity contribution >= 4 is 34.8 Å². The van der Waals surface area contributed by atoms with Gasteiger partial charge in [0.05, 0.1) is 12.0 Å². The Hall–Kier alpha value is -2.29. The van der Waals surface area contributed by atoms with E-state index < -0.39 is 0 Å². The first-order valence-electron chi connectivity index (χ1n) is 8.04. The van der Waals surface area contributed by atoms with Gasteiger partial charge in [-0.15, -0.1) is 0 Å². The Labute approximate surface area is 156 Å². The number of carbonyl (C=O) groups excluding carboxylic acids is 1. The molecule has 1 amide bonds. The molecule has 1 heterocycles. The van der Waals surface area contributed by atoms with Crippen LogP contribution in [0.25, 0.3) is 0 Å². The molecule has 1 aliphatic heterocycles. The maximum atomic E-state index is 13.0. The second-order valence-electron chi connectivity index (χ2n) is 6.07. The van der Waals surface area contributed by atoms with Gasteiger partial charge >= 0.3 is 0 Å². The predicted octanol–water partition coefficient (Wildman–Crippen LogP) is 5.87. The largest absolute Gasteiger partial charge is 0.303 e. The third kappa shape index (κ3) is 2.92. The normalized spacial score (nSPS) is 19.6. The Morgan fingerprint density at radius 2 is 1.24 bits per heavy atom. The molecular weight excluding hydrogens is 353 g/mol. The van der Waals surface area contributed by atoms with Crippen molar-refractivity contribution in [1.82, 2.24) is 0 Å².